The van der Waals surface area contributed by atoms with Crippen molar-refractivity contribution in [3.05, 3.63) is 22.4 Å². The average molecular weight is 158 g/mol. The van der Waals surface area contributed by atoms with Gasteiger partial charge in [-0.25, -0.2) is 0 Å². The SMILES string of the molecule is CNC(=O)C(C)C=C[N+](=O)[O-]. The van der Waals surface area contributed by atoms with E-state index in [-0.39, 0.29) is 5.91 Å². The van der Waals surface area contributed by atoms with E-state index in [0.29, 0.717) is 0 Å². The molecule has 0 fully saturated rings. The first-order valence-electron chi connectivity index (χ1n) is 3.11. The van der Waals surface area contributed by atoms with Gasteiger partial charge in [-0.3, -0.25) is 14.9 Å². The monoisotopic (exact) mass is 158 g/mol. The summed E-state index contributed by atoms with van der Waals surface area (Å²) in [7, 11) is 1.48. The highest BCUT2D eigenvalue weighted by Gasteiger charge is 2.07. The summed E-state index contributed by atoms with van der Waals surface area (Å²) in [6, 6.07) is 0. The number of nitrogens with zero attached hydrogens (tertiary/aromatic N) is 1. The van der Waals surface area contributed by atoms with Crippen LogP contribution in [0, 0.1) is 16.0 Å². The van der Waals surface area contributed by atoms with Gasteiger partial charge in [-0.1, -0.05) is 0 Å². The fraction of sp³-hybridized carbons (Fsp3) is 0.500. The lowest BCUT2D eigenvalue weighted by Gasteiger charge is -2.00. The standard InChI is InChI=1S/C6H10N2O3/c1-5(6(9)7-2)3-4-8(10)11/h3-5H,1-2H3,(H,7,9). The van der Waals surface area contributed by atoms with Gasteiger partial charge in [0.25, 0.3) is 0 Å². The van der Waals surface area contributed by atoms with Gasteiger partial charge in [0.15, 0.2) is 0 Å². The van der Waals surface area contributed by atoms with Crippen LogP contribution in [0.15, 0.2) is 12.3 Å². The minimum Gasteiger partial charge on any atom is -0.359 e. The lowest BCUT2D eigenvalue weighted by molar-refractivity contribution is -0.402. The van der Waals surface area contributed by atoms with Gasteiger partial charge in [-0.15, -0.1) is 0 Å². The Hall–Kier alpha value is -1.39. The molecule has 0 aliphatic rings. The Bertz CT molecular complexity index is 188. The predicted molar refractivity (Wildman–Crippen MR) is 39.4 cm³/mol. The first-order valence-corrected chi connectivity index (χ1v) is 3.11. The number of carbonyl (C=O) groups excluding carboxylic acids is 1. The van der Waals surface area contributed by atoms with Crippen LogP contribution in [0.1, 0.15) is 6.92 Å². The van der Waals surface area contributed by atoms with Crippen molar-refractivity contribution in [3.8, 4) is 0 Å². The molecular formula is C6H10N2O3. The zero-order valence-corrected chi connectivity index (χ0v) is 6.40. The summed E-state index contributed by atoms with van der Waals surface area (Å²) in [6.45, 7) is 1.58. The first kappa shape index (κ1) is 9.61. The van der Waals surface area contributed by atoms with Crippen LogP contribution >= 0.6 is 0 Å². The van der Waals surface area contributed by atoms with Crippen LogP contribution in [-0.2, 0) is 4.79 Å². The zero-order chi connectivity index (χ0) is 8.85. The third-order valence-electron chi connectivity index (χ3n) is 1.16. The molecule has 62 valence electrons. The van der Waals surface area contributed by atoms with Crippen molar-refractivity contribution in [1.29, 1.82) is 0 Å². The van der Waals surface area contributed by atoms with Gasteiger partial charge in [-0.2, -0.15) is 0 Å². The molecule has 0 saturated carbocycles. The van der Waals surface area contributed by atoms with Gasteiger partial charge in [0.2, 0.25) is 12.1 Å². The highest BCUT2D eigenvalue weighted by molar-refractivity contribution is 5.79. The fourth-order valence-corrected chi connectivity index (χ4v) is 0.514. The topological polar surface area (TPSA) is 72.2 Å². The van der Waals surface area contributed by atoms with E-state index in [2.05, 4.69) is 5.32 Å². The largest absolute Gasteiger partial charge is 0.359 e. The molecule has 0 aromatic heterocycles. The van der Waals surface area contributed by atoms with Crippen LogP contribution < -0.4 is 5.32 Å². The molecule has 1 unspecified atom stereocenters. The summed E-state index contributed by atoms with van der Waals surface area (Å²) in [6.07, 6.45) is 2.00. The number of nitrogens with one attached hydrogen (secondary N) is 1. The maximum absolute atomic E-state index is 10.7. The van der Waals surface area contributed by atoms with Crippen molar-refractivity contribution in [2.45, 2.75) is 6.92 Å². The predicted octanol–water partition coefficient (Wildman–Crippen LogP) is 0.159. The summed E-state index contributed by atoms with van der Waals surface area (Å²) < 4.78 is 0. The second-order valence-electron chi connectivity index (χ2n) is 2.03. The first-order chi connectivity index (χ1) is 5.07. The Morgan fingerprint density at radius 3 is 2.64 bits per heavy atom. The molecule has 0 radical (unpaired) electrons. The van der Waals surface area contributed by atoms with Gasteiger partial charge >= 0.3 is 0 Å². The molecule has 0 bridgehead atoms. The van der Waals surface area contributed by atoms with Crippen LogP contribution in [0.4, 0.5) is 0 Å². The second-order valence-corrected chi connectivity index (χ2v) is 2.03. The maximum atomic E-state index is 10.7. The number of hydrogen-bond donors (Lipinski definition) is 1. The summed E-state index contributed by atoms with van der Waals surface area (Å²) in [5, 5.41) is 12.2. The van der Waals surface area contributed by atoms with E-state index >= 15 is 0 Å². The lowest BCUT2D eigenvalue weighted by Crippen LogP contribution is -2.23. The van der Waals surface area contributed by atoms with Gasteiger partial charge in [0.1, 0.15) is 0 Å². The molecule has 0 aromatic rings. The van der Waals surface area contributed by atoms with E-state index in [4.69, 9.17) is 0 Å². The Morgan fingerprint density at radius 2 is 2.27 bits per heavy atom. The zero-order valence-electron chi connectivity index (χ0n) is 6.40. The average Bonchev–Trinajstić information content (AvgIpc) is 1.98. The Morgan fingerprint density at radius 1 is 1.73 bits per heavy atom. The molecule has 11 heavy (non-hydrogen) atoms. The summed E-state index contributed by atoms with van der Waals surface area (Å²) in [4.78, 5) is 19.9. The van der Waals surface area contributed by atoms with Crippen molar-refractivity contribution in [2.75, 3.05) is 7.05 Å². The molecule has 0 spiro atoms. The fourth-order valence-electron chi connectivity index (χ4n) is 0.514. The Labute approximate surface area is 64.2 Å². The van der Waals surface area contributed by atoms with Crippen LogP contribution in [-0.4, -0.2) is 17.9 Å². The molecule has 0 aliphatic carbocycles. The number of nitro groups is 1. The minimum atomic E-state index is -0.598. The molecule has 5 nitrogen and oxygen atoms in total. The van der Waals surface area contributed by atoms with Gasteiger partial charge in [0, 0.05) is 7.05 Å². The Balaban J connectivity index is 3.95. The third kappa shape index (κ3) is 4.07. The summed E-state index contributed by atoms with van der Waals surface area (Å²) in [5.41, 5.74) is 0. The molecule has 1 atom stereocenters. The maximum Gasteiger partial charge on any atom is 0.231 e. The molecule has 0 saturated heterocycles. The van der Waals surface area contributed by atoms with E-state index in [1.54, 1.807) is 6.92 Å². The highest BCUT2D eigenvalue weighted by atomic mass is 16.6. The number of rotatable bonds is 3. The second kappa shape index (κ2) is 4.43. The highest BCUT2D eigenvalue weighted by Crippen LogP contribution is 1.95. The smallest absolute Gasteiger partial charge is 0.231 e. The Kier molecular flexibility index (Phi) is 3.87. The number of carbonyl (C=O) groups is 1. The van der Waals surface area contributed by atoms with Crippen molar-refractivity contribution < 1.29 is 9.72 Å². The van der Waals surface area contributed by atoms with Crippen LogP contribution in [0.25, 0.3) is 0 Å². The van der Waals surface area contributed by atoms with Crippen molar-refractivity contribution >= 4 is 5.91 Å². The van der Waals surface area contributed by atoms with Crippen molar-refractivity contribution in [1.82, 2.24) is 5.32 Å². The van der Waals surface area contributed by atoms with Crippen LogP contribution in [0.2, 0.25) is 0 Å². The molecule has 5 heteroatoms. The van der Waals surface area contributed by atoms with E-state index in [1.165, 1.54) is 13.1 Å². The molecule has 0 rings (SSSR count). The van der Waals surface area contributed by atoms with Gasteiger partial charge in [0.05, 0.1) is 10.8 Å². The van der Waals surface area contributed by atoms with Gasteiger partial charge < -0.3 is 5.32 Å². The lowest BCUT2D eigenvalue weighted by atomic mass is 10.2. The third-order valence-corrected chi connectivity index (χ3v) is 1.16. The van der Waals surface area contributed by atoms with E-state index in [0.717, 1.165) is 6.20 Å². The molecular weight excluding hydrogens is 148 g/mol. The van der Waals surface area contributed by atoms with E-state index in [1.807, 2.05) is 0 Å². The van der Waals surface area contributed by atoms with Crippen molar-refractivity contribution in [2.24, 2.45) is 5.92 Å². The van der Waals surface area contributed by atoms with E-state index in [9.17, 15) is 14.9 Å². The number of hydrogen-bond acceptors (Lipinski definition) is 3. The quantitative estimate of drug-likeness (QED) is 0.469. The molecule has 0 heterocycles. The molecule has 0 aromatic carbocycles. The number of amides is 1. The minimum absolute atomic E-state index is 0.233. The summed E-state index contributed by atoms with van der Waals surface area (Å²) >= 11 is 0. The van der Waals surface area contributed by atoms with Gasteiger partial charge in [-0.05, 0) is 13.0 Å². The van der Waals surface area contributed by atoms with Crippen molar-refractivity contribution in [3.63, 3.8) is 0 Å². The normalized spacial score (nSPS) is 12.9. The van der Waals surface area contributed by atoms with Crippen LogP contribution in [0.5, 0.6) is 0 Å². The molecule has 1 N–H and O–H groups in total. The summed E-state index contributed by atoms with van der Waals surface area (Å²) in [5.74, 6) is -0.687. The molecule has 1 amide bonds. The van der Waals surface area contributed by atoms with Crippen LogP contribution in [0.3, 0.4) is 0 Å². The van der Waals surface area contributed by atoms with E-state index < -0.39 is 10.8 Å². The molecule has 0 aliphatic heterocycles.